The summed E-state index contributed by atoms with van der Waals surface area (Å²) < 4.78 is 5.27. The molecule has 16 heavy (non-hydrogen) atoms. The van der Waals surface area contributed by atoms with Crippen molar-refractivity contribution >= 4 is 12.3 Å². The van der Waals surface area contributed by atoms with Crippen molar-refractivity contribution in [3.05, 3.63) is 41.5 Å². The van der Waals surface area contributed by atoms with Gasteiger partial charge in [0.25, 0.3) is 0 Å². The molecule has 0 aromatic heterocycles. The second-order valence-electron chi connectivity index (χ2n) is 3.19. The quantitative estimate of drug-likeness (QED) is 0.608. The lowest BCUT2D eigenvalue weighted by Crippen LogP contribution is -2.00. The zero-order valence-corrected chi connectivity index (χ0v) is 8.84. The minimum Gasteiger partial charge on any atom is -0.489 e. The summed E-state index contributed by atoms with van der Waals surface area (Å²) in [5, 5.41) is 8.59. The minimum absolute atomic E-state index is 0.167. The maximum absolute atomic E-state index is 10.5. The molecule has 1 N–H and O–H groups in total. The van der Waals surface area contributed by atoms with Crippen LogP contribution >= 0.6 is 0 Å². The van der Waals surface area contributed by atoms with Crippen LogP contribution in [0.3, 0.4) is 0 Å². The molecular formula is C12H12O4. The Kier molecular flexibility index (Phi) is 4.27. The molecule has 0 heterocycles. The highest BCUT2D eigenvalue weighted by molar-refractivity contribution is 5.85. The van der Waals surface area contributed by atoms with Crippen molar-refractivity contribution in [1.29, 1.82) is 0 Å². The van der Waals surface area contributed by atoms with E-state index < -0.39 is 5.97 Å². The molecule has 0 aliphatic carbocycles. The molecule has 4 heteroatoms. The number of carboxylic acid groups (broad SMARTS) is 1. The standard InChI is InChI=1S/C12H12O4/c1-9(12(14)15)5-6-16-11-4-2-3-10(7-11)8-13/h2-5,7-8H,6H2,1H3,(H,14,15). The smallest absolute Gasteiger partial charge is 0.331 e. The van der Waals surface area contributed by atoms with Crippen LogP contribution in [0.1, 0.15) is 17.3 Å². The first kappa shape index (κ1) is 12.0. The van der Waals surface area contributed by atoms with Crippen molar-refractivity contribution < 1.29 is 19.4 Å². The maximum Gasteiger partial charge on any atom is 0.331 e. The van der Waals surface area contributed by atoms with E-state index in [4.69, 9.17) is 9.84 Å². The Labute approximate surface area is 93.2 Å². The summed E-state index contributed by atoms with van der Waals surface area (Å²) in [5.74, 6) is -0.427. The molecule has 84 valence electrons. The van der Waals surface area contributed by atoms with Gasteiger partial charge in [0.05, 0.1) is 0 Å². The summed E-state index contributed by atoms with van der Waals surface area (Å²) in [4.78, 5) is 21.0. The van der Waals surface area contributed by atoms with Crippen LogP contribution in [0.5, 0.6) is 5.75 Å². The van der Waals surface area contributed by atoms with Crippen molar-refractivity contribution in [2.45, 2.75) is 6.92 Å². The van der Waals surface area contributed by atoms with E-state index in [1.54, 1.807) is 24.3 Å². The SMILES string of the molecule is CC(=CCOc1cccc(C=O)c1)C(=O)O. The number of carbonyl (C=O) groups excluding carboxylic acids is 1. The number of hydrogen-bond acceptors (Lipinski definition) is 3. The van der Waals surface area contributed by atoms with Crippen molar-refractivity contribution in [3.8, 4) is 5.75 Å². The second kappa shape index (κ2) is 5.70. The first-order valence-electron chi connectivity index (χ1n) is 4.71. The Bertz CT molecular complexity index is 421. The number of benzene rings is 1. The monoisotopic (exact) mass is 220 g/mol. The van der Waals surface area contributed by atoms with Gasteiger partial charge in [-0.3, -0.25) is 4.79 Å². The van der Waals surface area contributed by atoms with E-state index in [9.17, 15) is 9.59 Å². The third-order valence-electron chi connectivity index (χ3n) is 1.97. The third kappa shape index (κ3) is 3.57. The number of carbonyl (C=O) groups is 2. The van der Waals surface area contributed by atoms with Gasteiger partial charge in [0.2, 0.25) is 0 Å². The minimum atomic E-state index is -0.967. The molecule has 0 bridgehead atoms. The number of ether oxygens (including phenoxy) is 1. The summed E-state index contributed by atoms with van der Waals surface area (Å²) in [6.45, 7) is 1.66. The Morgan fingerprint density at radius 2 is 2.25 bits per heavy atom. The molecule has 1 aromatic carbocycles. The molecule has 4 nitrogen and oxygen atoms in total. The van der Waals surface area contributed by atoms with Gasteiger partial charge in [-0.25, -0.2) is 4.79 Å². The lowest BCUT2D eigenvalue weighted by Gasteiger charge is -2.03. The molecule has 1 rings (SSSR count). The lowest BCUT2D eigenvalue weighted by atomic mass is 10.2. The molecule has 0 aliphatic rings. The Morgan fingerprint density at radius 3 is 2.88 bits per heavy atom. The van der Waals surface area contributed by atoms with Gasteiger partial charge in [0.1, 0.15) is 18.6 Å². The number of aliphatic carboxylic acids is 1. The molecule has 0 atom stereocenters. The van der Waals surface area contributed by atoms with Crippen LogP contribution in [0.15, 0.2) is 35.9 Å². The largest absolute Gasteiger partial charge is 0.489 e. The van der Waals surface area contributed by atoms with Gasteiger partial charge < -0.3 is 9.84 Å². The Hall–Kier alpha value is -2.10. The van der Waals surface area contributed by atoms with E-state index in [-0.39, 0.29) is 12.2 Å². The average Bonchev–Trinajstić information content (AvgIpc) is 2.29. The lowest BCUT2D eigenvalue weighted by molar-refractivity contribution is -0.132. The fourth-order valence-corrected chi connectivity index (χ4v) is 1.03. The van der Waals surface area contributed by atoms with Gasteiger partial charge >= 0.3 is 5.97 Å². The second-order valence-corrected chi connectivity index (χ2v) is 3.19. The van der Waals surface area contributed by atoms with E-state index in [1.807, 2.05) is 0 Å². The van der Waals surface area contributed by atoms with E-state index >= 15 is 0 Å². The number of rotatable bonds is 5. The summed E-state index contributed by atoms with van der Waals surface area (Å²) in [5.41, 5.74) is 0.753. The van der Waals surface area contributed by atoms with Crippen molar-refractivity contribution in [2.24, 2.45) is 0 Å². The Balaban J connectivity index is 2.58. The van der Waals surface area contributed by atoms with E-state index in [0.29, 0.717) is 11.3 Å². The highest BCUT2D eigenvalue weighted by atomic mass is 16.5. The highest BCUT2D eigenvalue weighted by Crippen LogP contribution is 2.11. The van der Waals surface area contributed by atoms with Crippen LogP contribution in [-0.2, 0) is 4.79 Å². The molecule has 0 aliphatic heterocycles. The summed E-state index contributed by atoms with van der Waals surface area (Å²) >= 11 is 0. The van der Waals surface area contributed by atoms with Gasteiger partial charge in [-0.05, 0) is 25.1 Å². The average molecular weight is 220 g/mol. The number of carboxylic acids is 1. The van der Waals surface area contributed by atoms with Gasteiger partial charge in [-0.2, -0.15) is 0 Å². The van der Waals surface area contributed by atoms with Gasteiger partial charge in [-0.15, -0.1) is 0 Å². The fraction of sp³-hybridized carbons (Fsp3) is 0.167. The summed E-state index contributed by atoms with van der Waals surface area (Å²) in [6.07, 6.45) is 2.20. The van der Waals surface area contributed by atoms with E-state index in [2.05, 4.69) is 0 Å². The summed E-state index contributed by atoms with van der Waals surface area (Å²) in [7, 11) is 0. The predicted octanol–water partition coefficient (Wildman–Crippen LogP) is 1.91. The van der Waals surface area contributed by atoms with Crippen LogP contribution in [0.2, 0.25) is 0 Å². The van der Waals surface area contributed by atoms with Crippen molar-refractivity contribution in [1.82, 2.24) is 0 Å². The van der Waals surface area contributed by atoms with Crippen LogP contribution in [0.4, 0.5) is 0 Å². The first-order chi connectivity index (χ1) is 7.63. The van der Waals surface area contributed by atoms with Crippen molar-refractivity contribution in [2.75, 3.05) is 6.61 Å². The molecule has 0 saturated carbocycles. The molecule has 1 aromatic rings. The van der Waals surface area contributed by atoms with Gasteiger partial charge in [0.15, 0.2) is 0 Å². The summed E-state index contributed by atoms with van der Waals surface area (Å²) in [6, 6.07) is 6.67. The third-order valence-corrected chi connectivity index (χ3v) is 1.97. The van der Waals surface area contributed by atoms with Crippen LogP contribution in [0, 0.1) is 0 Å². The molecule has 0 amide bonds. The predicted molar refractivity (Wildman–Crippen MR) is 58.7 cm³/mol. The first-order valence-corrected chi connectivity index (χ1v) is 4.71. The van der Waals surface area contributed by atoms with Crippen LogP contribution in [-0.4, -0.2) is 24.0 Å². The molecule has 0 unspecified atom stereocenters. The maximum atomic E-state index is 10.5. The van der Waals surface area contributed by atoms with E-state index in [1.165, 1.54) is 13.0 Å². The molecule has 0 saturated heterocycles. The molecule has 0 spiro atoms. The number of aldehydes is 1. The number of hydrogen-bond donors (Lipinski definition) is 1. The zero-order chi connectivity index (χ0) is 12.0. The highest BCUT2D eigenvalue weighted by Gasteiger charge is 1.99. The molecular weight excluding hydrogens is 208 g/mol. The van der Waals surface area contributed by atoms with E-state index in [0.717, 1.165) is 6.29 Å². The Morgan fingerprint density at radius 1 is 1.50 bits per heavy atom. The van der Waals surface area contributed by atoms with Crippen molar-refractivity contribution in [3.63, 3.8) is 0 Å². The normalized spacial score (nSPS) is 10.9. The zero-order valence-electron chi connectivity index (χ0n) is 8.84. The van der Waals surface area contributed by atoms with Gasteiger partial charge in [0, 0.05) is 11.1 Å². The molecule has 0 radical (unpaired) electrons. The van der Waals surface area contributed by atoms with Gasteiger partial charge in [-0.1, -0.05) is 12.1 Å². The topological polar surface area (TPSA) is 63.6 Å². The van der Waals surface area contributed by atoms with Crippen LogP contribution < -0.4 is 4.74 Å². The van der Waals surface area contributed by atoms with Crippen LogP contribution in [0.25, 0.3) is 0 Å². The fourth-order valence-electron chi connectivity index (χ4n) is 1.03. The molecule has 0 fully saturated rings.